The standard InChI is InChI=1S/C14H17N3/c1-10-2-4-11(5-3-10)14-12(9-16-17-14)8-15-13-6-7-13/h2-5,9,13,15H,6-8H2,1H3,(H,16,17). The van der Waals surface area contributed by atoms with Gasteiger partial charge in [0, 0.05) is 18.2 Å². The summed E-state index contributed by atoms with van der Waals surface area (Å²) in [7, 11) is 0. The fourth-order valence-electron chi connectivity index (χ4n) is 1.96. The van der Waals surface area contributed by atoms with Crippen LogP contribution in [0.2, 0.25) is 0 Å². The van der Waals surface area contributed by atoms with Gasteiger partial charge in [-0.15, -0.1) is 0 Å². The first kappa shape index (κ1) is 10.5. The Morgan fingerprint density at radius 1 is 1.29 bits per heavy atom. The van der Waals surface area contributed by atoms with Crippen molar-refractivity contribution < 1.29 is 0 Å². The number of aromatic amines is 1. The van der Waals surface area contributed by atoms with E-state index < -0.39 is 0 Å². The SMILES string of the molecule is Cc1ccc(-c2[nH]ncc2CNC2CC2)cc1. The number of aryl methyl sites for hydroxylation is 1. The number of hydrogen-bond acceptors (Lipinski definition) is 2. The molecule has 2 N–H and O–H groups in total. The average molecular weight is 227 g/mol. The first-order valence-corrected chi connectivity index (χ1v) is 6.15. The van der Waals surface area contributed by atoms with E-state index in [1.54, 1.807) is 0 Å². The predicted molar refractivity (Wildman–Crippen MR) is 68.6 cm³/mol. The van der Waals surface area contributed by atoms with E-state index in [-0.39, 0.29) is 0 Å². The number of H-pyrrole nitrogens is 1. The Hall–Kier alpha value is -1.61. The van der Waals surface area contributed by atoms with Crippen LogP contribution in [0.15, 0.2) is 30.5 Å². The monoisotopic (exact) mass is 227 g/mol. The van der Waals surface area contributed by atoms with Gasteiger partial charge in [-0.1, -0.05) is 29.8 Å². The number of nitrogens with one attached hydrogen (secondary N) is 2. The molecule has 88 valence electrons. The van der Waals surface area contributed by atoms with Gasteiger partial charge in [-0.25, -0.2) is 0 Å². The molecule has 0 atom stereocenters. The summed E-state index contributed by atoms with van der Waals surface area (Å²) in [4.78, 5) is 0. The van der Waals surface area contributed by atoms with Crippen molar-refractivity contribution in [3.8, 4) is 11.3 Å². The van der Waals surface area contributed by atoms with Gasteiger partial charge in [0.05, 0.1) is 11.9 Å². The molecule has 3 rings (SSSR count). The van der Waals surface area contributed by atoms with Crippen molar-refractivity contribution in [3.05, 3.63) is 41.6 Å². The second kappa shape index (κ2) is 4.34. The lowest BCUT2D eigenvalue weighted by molar-refractivity contribution is 0.689. The Morgan fingerprint density at radius 3 is 2.76 bits per heavy atom. The van der Waals surface area contributed by atoms with E-state index >= 15 is 0 Å². The molecule has 1 heterocycles. The van der Waals surface area contributed by atoms with Crippen molar-refractivity contribution in [1.29, 1.82) is 0 Å². The van der Waals surface area contributed by atoms with Crippen LogP contribution in [0.3, 0.4) is 0 Å². The van der Waals surface area contributed by atoms with Gasteiger partial charge in [0.25, 0.3) is 0 Å². The Morgan fingerprint density at radius 2 is 2.06 bits per heavy atom. The highest BCUT2D eigenvalue weighted by atomic mass is 15.1. The van der Waals surface area contributed by atoms with E-state index in [9.17, 15) is 0 Å². The van der Waals surface area contributed by atoms with E-state index in [4.69, 9.17) is 0 Å². The van der Waals surface area contributed by atoms with Crippen LogP contribution in [-0.4, -0.2) is 16.2 Å². The second-order valence-corrected chi connectivity index (χ2v) is 4.79. The van der Waals surface area contributed by atoms with Crippen molar-refractivity contribution in [2.75, 3.05) is 0 Å². The zero-order valence-corrected chi connectivity index (χ0v) is 10.0. The third-order valence-corrected chi connectivity index (χ3v) is 3.22. The highest BCUT2D eigenvalue weighted by Gasteiger charge is 2.20. The predicted octanol–water partition coefficient (Wildman–Crippen LogP) is 2.64. The summed E-state index contributed by atoms with van der Waals surface area (Å²) >= 11 is 0. The van der Waals surface area contributed by atoms with Crippen LogP contribution < -0.4 is 5.32 Å². The van der Waals surface area contributed by atoms with E-state index in [1.165, 1.54) is 29.5 Å². The van der Waals surface area contributed by atoms with Crippen LogP contribution in [0.25, 0.3) is 11.3 Å². The van der Waals surface area contributed by atoms with Crippen molar-refractivity contribution in [2.24, 2.45) is 0 Å². The summed E-state index contributed by atoms with van der Waals surface area (Å²) in [5, 5.41) is 10.8. The number of benzene rings is 1. The van der Waals surface area contributed by atoms with Crippen LogP contribution in [0, 0.1) is 6.92 Å². The zero-order valence-electron chi connectivity index (χ0n) is 10.0. The first-order valence-electron chi connectivity index (χ1n) is 6.15. The fraction of sp³-hybridized carbons (Fsp3) is 0.357. The maximum atomic E-state index is 4.15. The molecule has 1 fully saturated rings. The first-order chi connectivity index (χ1) is 8.33. The molecule has 1 aliphatic rings. The number of rotatable bonds is 4. The van der Waals surface area contributed by atoms with Gasteiger partial charge in [0.1, 0.15) is 0 Å². The highest BCUT2D eigenvalue weighted by Crippen LogP contribution is 2.23. The van der Waals surface area contributed by atoms with Gasteiger partial charge in [0.15, 0.2) is 0 Å². The molecule has 0 aliphatic heterocycles. The lowest BCUT2D eigenvalue weighted by Crippen LogP contribution is -2.15. The average Bonchev–Trinajstić information content (AvgIpc) is 3.06. The summed E-state index contributed by atoms with van der Waals surface area (Å²) in [6, 6.07) is 9.28. The van der Waals surface area contributed by atoms with Gasteiger partial charge in [-0.2, -0.15) is 5.10 Å². The molecule has 1 aromatic heterocycles. The van der Waals surface area contributed by atoms with Gasteiger partial charge in [0.2, 0.25) is 0 Å². The molecule has 1 saturated carbocycles. The molecule has 0 bridgehead atoms. The highest BCUT2D eigenvalue weighted by molar-refractivity contribution is 5.62. The number of hydrogen-bond donors (Lipinski definition) is 2. The van der Waals surface area contributed by atoms with Gasteiger partial charge < -0.3 is 5.32 Å². The molecule has 0 spiro atoms. The zero-order chi connectivity index (χ0) is 11.7. The van der Waals surface area contributed by atoms with E-state index in [2.05, 4.69) is 46.7 Å². The van der Waals surface area contributed by atoms with E-state index in [1.807, 2.05) is 6.20 Å². The quantitative estimate of drug-likeness (QED) is 0.843. The molecule has 17 heavy (non-hydrogen) atoms. The Kier molecular flexibility index (Phi) is 2.69. The molecule has 1 aliphatic carbocycles. The van der Waals surface area contributed by atoms with Crippen molar-refractivity contribution in [2.45, 2.75) is 32.4 Å². The molecular weight excluding hydrogens is 210 g/mol. The third-order valence-electron chi connectivity index (χ3n) is 3.22. The molecule has 3 nitrogen and oxygen atoms in total. The third kappa shape index (κ3) is 2.39. The lowest BCUT2D eigenvalue weighted by atomic mass is 10.1. The van der Waals surface area contributed by atoms with E-state index in [0.717, 1.165) is 18.3 Å². The Balaban J connectivity index is 1.81. The molecule has 3 heteroatoms. The summed E-state index contributed by atoms with van der Waals surface area (Å²) in [6.45, 7) is 3.01. The second-order valence-electron chi connectivity index (χ2n) is 4.79. The van der Waals surface area contributed by atoms with Crippen LogP contribution in [0.5, 0.6) is 0 Å². The van der Waals surface area contributed by atoms with Crippen LogP contribution in [0.1, 0.15) is 24.0 Å². The molecule has 0 radical (unpaired) electrons. The Bertz CT molecular complexity index is 494. The summed E-state index contributed by atoms with van der Waals surface area (Å²) < 4.78 is 0. The number of aromatic nitrogens is 2. The van der Waals surface area contributed by atoms with Crippen LogP contribution in [-0.2, 0) is 6.54 Å². The maximum absolute atomic E-state index is 4.15. The van der Waals surface area contributed by atoms with Crippen molar-refractivity contribution >= 4 is 0 Å². The molecule has 1 aromatic carbocycles. The van der Waals surface area contributed by atoms with Crippen molar-refractivity contribution in [1.82, 2.24) is 15.5 Å². The molecule has 2 aromatic rings. The lowest BCUT2D eigenvalue weighted by Gasteiger charge is -2.05. The smallest absolute Gasteiger partial charge is 0.0695 e. The van der Waals surface area contributed by atoms with Crippen molar-refractivity contribution in [3.63, 3.8) is 0 Å². The largest absolute Gasteiger partial charge is 0.310 e. The number of nitrogens with zero attached hydrogens (tertiary/aromatic N) is 1. The topological polar surface area (TPSA) is 40.7 Å². The summed E-state index contributed by atoms with van der Waals surface area (Å²) in [5.74, 6) is 0. The normalized spacial score (nSPS) is 15.1. The minimum Gasteiger partial charge on any atom is -0.310 e. The minimum absolute atomic E-state index is 0.732. The molecular formula is C14H17N3. The van der Waals surface area contributed by atoms with E-state index in [0.29, 0.717) is 0 Å². The van der Waals surface area contributed by atoms with Gasteiger partial charge in [-0.05, 0) is 25.3 Å². The Labute approximate surface area is 101 Å². The van der Waals surface area contributed by atoms with Crippen LogP contribution in [0.4, 0.5) is 0 Å². The fourth-order valence-corrected chi connectivity index (χ4v) is 1.96. The van der Waals surface area contributed by atoms with Crippen LogP contribution >= 0.6 is 0 Å². The maximum Gasteiger partial charge on any atom is 0.0695 e. The summed E-state index contributed by atoms with van der Waals surface area (Å²) in [6.07, 6.45) is 4.56. The molecule has 0 saturated heterocycles. The van der Waals surface area contributed by atoms with Gasteiger partial charge in [-0.3, -0.25) is 5.10 Å². The molecule has 0 unspecified atom stereocenters. The van der Waals surface area contributed by atoms with Gasteiger partial charge >= 0.3 is 0 Å². The minimum atomic E-state index is 0.732. The molecule has 0 amide bonds. The summed E-state index contributed by atoms with van der Waals surface area (Å²) in [5.41, 5.74) is 4.88.